The van der Waals surface area contributed by atoms with E-state index < -0.39 is 0 Å². The number of hydrogen-bond acceptors (Lipinski definition) is 3. The van der Waals surface area contributed by atoms with Gasteiger partial charge in [0, 0.05) is 44.5 Å². The predicted molar refractivity (Wildman–Crippen MR) is 105 cm³/mol. The van der Waals surface area contributed by atoms with Gasteiger partial charge in [-0.25, -0.2) is 0 Å². The molecule has 1 aliphatic heterocycles. The highest BCUT2D eigenvalue weighted by Gasteiger charge is 2.22. The van der Waals surface area contributed by atoms with E-state index in [9.17, 15) is 4.79 Å². The van der Waals surface area contributed by atoms with Crippen molar-refractivity contribution in [2.24, 2.45) is 0 Å². The van der Waals surface area contributed by atoms with Gasteiger partial charge in [0.1, 0.15) is 0 Å². The Hall–Kier alpha value is -1.66. The fourth-order valence-electron chi connectivity index (χ4n) is 2.83. The summed E-state index contributed by atoms with van der Waals surface area (Å²) >= 11 is 5.45. The van der Waals surface area contributed by atoms with Gasteiger partial charge in [-0.05, 0) is 57.5 Å². The Labute approximate surface area is 156 Å². The molecule has 1 fully saturated rings. The summed E-state index contributed by atoms with van der Waals surface area (Å²) in [5.41, 5.74) is 1.88. The summed E-state index contributed by atoms with van der Waals surface area (Å²) in [7, 11) is 0. The quantitative estimate of drug-likeness (QED) is 0.576. The van der Waals surface area contributed by atoms with E-state index in [2.05, 4.69) is 15.5 Å². The number of rotatable bonds is 7. The van der Waals surface area contributed by atoms with Crippen molar-refractivity contribution in [3.05, 3.63) is 35.4 Å². The number of carbonyl (C=O) groups excluding carboxylic acids is 1. The summed E-state index contributed by atoms with van der Waals surface area (Å²) in [4.78, 5) is 14.5. The SMILES string of the molecule is CCOCCCNC(=S)N1CCC(NC(=O)c2ccc(C)cc2)CC1. The van der Waals surface area contributed by atoms with Crippen LogP contribution in [0.25, 0.3) is 0 Å². The van der Waals surface area contributed by atoms with Crippen LogP contribution in [-0.2, 0) is 4.74 Å². The van der Waals surface area contributed by atoms with Crippen molar-refractivity contribution in [1.29, 1.82) is 0 Å². The Morgan fingerprint density at radius 2 is 1.96 bits per heavy atom. The normalized spacial score (nSPS) is 15.0. The summed E-state index contributed by atoms with van der Waals surface area (Å²) in [6.07, 6.45) is 2.79. The highest BCUT2D eigenvalue weighted by atomic mass is 32.1. The van der Waals surface area contributed by atoms with Crippen LogP contribution in [0.5, 0.6) is 0 Å². The zero-order chi connectivity index (χ0) is 18.1. The second-order valence-corrected chi connectivity index (χ2v) is 6.77. The molecule has 2 rings (SSSR count). The third kappa shape index (κ3) is 6.63. The van der Waals surface area contributed by atoms with Crippen molar-refractivity contribution in [1.82, 2.24) is 15.5 Å². The Balaban J connectivity index is 1.67. The highest BCUT2D eigenvalue weighted by Crippen LogP contribution is 2.12. The minimum Gasteiger partial charge on any atom is -0.382 e. The molecule has 1 heterocycles. The van der Waals surface area contributed by atoms with Crippen LogP contribution >= 0.6 is 12.2 Å². The van der Waals surface area contributed by atoms with Gasteiger partial charge >= 0.3 is 0 Å². The number of hydrogen-bond donors (Lipinski definition) is 2. The molecule has 138 valence electrons. The molecule has 0 aliphatic carbocycles. The number of nitrogens with one attached hydrogen (secondary N) is 2. The number of thiocarbonyl (C=S) groups is 1. The van der Waals surface area contributed by atoms with E-state index >= 15 is 0 Å². The van der Waals surface area contributed by atoms with E-state index in [1.165, 1.54) is 0 Å². The first-order valence-electron chi connectivity index (χ1n) is 9.08. The van der Waals surface area contributed by atoms with Crippen LogP contribution in [0.1, 0.15) is 42.1 Å². The highest BCUT2D eigenvalue weighted by molar-refractivity contribution is 7.80. The van der Waals surface area contributed by atoms with E-state index in [0.29, 0.717) is 0 Å². The van der Waals surface area contributed by atoms with E-state index in [4.69, 9.17) is 17.0 Å². The first-order chi connectivity index (χ1) is 12.1. The lowest BCUT2D eigenvalue weighted by atomic mass is 10.0. The second-order valence-electron chi connectivity index (χ2n) is 6.38. The van der Waals surface area contributed by atoms with Gasteiger partial charge in [0.15, 0.2) is 5.11 Å². The van der Waals surface area contributed by atoms with E-state index in [0.717, 1.165) is 68.3 Å². The molecule has 0 saturated carbocycles. The van der Waals surface area contributed by atoms with Crippen molar-refractivity contribution < 1.29 is 9.53 Å². The van der Waals surface area contributed by atoms with Crippen LogP contribution in [0.4, 0.5) is 0 Å². The molecular formula is C19H29N3O2S. The third-order valence-electron chi connectivity index (χ3n) is 4.38. The second kappa shape index (κ2) is 10.4. The third-order valence-corrected chi connectivity index (χ3v) is 4.78. The maximum atomic E-state index is 12.3. The molecule has 0 radical (unpaired) electrons. The summed E-state index contributed by atoms with van der Waals surface area (Å²) < 4.78 is 5.32. The predicted octanol–water partition coefficient (Wildman–Crippen LogP) is 2.49. The van der Waals surface area contributed by atoms with Crippen LogP contribution < -0.4 is 10.6 Å². The molecule has 0 unspecified atom stereocenters. The molecule has 1 amide bonds. The smallest absolute Gasteiger partial charge is 0.251 e. The van der Waals surface area contributed by atoms with E-state index in [-0.39, 0.29) is 11.9 Å². The zero-order valence-corrected chi connectivity index (χ0v) is 16.0. The van der Waals surface area contributed by atoms with Gasteiger partial charge in [0.2, 0.25) is 0 Å². The molecule has 6 heteroatoms. The Morgan fingerprint density at radius 3 is 2.60 bits per heavy atom. The first-order valence-corrected chi connectivity index (χ1v) is 9.49. The number of likely N-dealkylation sites (tertiary alicyclic amines) is 1. The molecule has 0 spiro atoms. The van der Waals surface area contributed by atoms with Gasteiger partial charge in [-0.1, -0.05) is 17.7 Å². The Morgan fingerprint density at radius 1 is 1.28 bits per heavy atom. The molecule has 5 nitrogen and oxygen atoms in total. The topological polar surface area (TPSA) is 53.6 Å². The maximum Gasteiger partial charge on any atom is 0.251 e. The minimum absolute atomic E-state index is 0.00933. The van der Waals surface area contributed by atoms with Crippen LogP contribution in [0.15, 0.2) is 24.3 Å². The molecule has 0 bridgehead atoms. The monoisotopic (exact) mass is 363 g/mol. The molecule has 2 N–H and O–H groups in total. The number of nitrogens with zero attached hydrogens (tertiary/aromatic N) is 1. The minimum atomic E-state index is 0.00933. The molecular weight excluding hydrogens is 334 g/mol. The van der Waals surface area contributed by atoms with Crippen LogP contribution in [0.2, 0.25) is 0 Å². The van der Waals surface area contributed by atoms with Gasteiger partial charge in [-0.2, -0.15) is 0 Å². The Kier molecular flexibility index (Phi) is 8.15. The maximum absolute atomic E-state index is 12.3. The standard InChI is InChI=1S/C19H29N3O2S/c1-3-24-14-4-11-20-19(25)22-12-9-17(10-13-22)21-18(23)16-7-5-15(2)6-8-16/h5-8,17H,3-4,9-14H2,1-2H3,(H,20,25)(H,21,23). The number of piperidine rings is 1. The molecule has 1 aromatic rings. The largest absolute Gasteiger partial charge is 0.382 e. The number of ether oxygens (including phenoxy) is 1. The van der Waals surface area contributed by atoms with Crippen molar-refractivity contribution >= 4 is 23.2 Å². The lowest BCUT2D eigenvalue weighted by Gasteiger charge is -2.34. The van der Waals surface area contributed by atoms with Crippen molar-refractivity contribution in [3.8, 4) is 0 Å². The molecule has 25 heavy (non-hydrogen) atoms. The number of aryl methyl sites for hydroxylation is 1. The van der Waals surface area contributed by atoms with Crippen molar-refractivity contribution in [3.63, 3.8) is 0 Å². The van der Waals surface area contributed by atoms with Crippen molar-refractivity contribution in [2.45, 2.75) is 39.2 Å². The van der Waals surface area contributed by atoms with Gasteiger partial charge in [-0.15, -0.1) is 0 Å². The van der Waals surface area contributed by atoms with Crippen LogP contribution in [-0.4, -0.2) is 54.8 Å². The summed E-state index contributed by atoms with van der Waals surface area (Å²) in [5, 5.41) is 7.23. The zero-order valence-electron chi connectivity index (χ0n) is 15.2. The molecule has 0 atom stereocenters. The molecule has 0 aromatic heterocycles. The first kappa shape index (κ1) is 19.7. The van der Waals surface area contributed by atoms with Crippen molar-refractivity contribution in [2.75, 3.05) is 32.8 Å². The number of carbonyl (C=O) groups is 1. The average molecular weight is 364 g/mol. The van der Waals surface area contributed by atoms with Crippen LogP contribution in [0, 0.1) is 6.92 Å². The summed E-state index contributed by atoms with van der Waals surface area (Å²) in [6.45, 7) is 8.12. The van der Waals surface area contributed by atoms with Gasteiger partial charge in [-0.3, -0.25) is 4.79 Å². The van der Waals surface area contributed by atoms with Gasteiger partial charge < -0.3 is 20.3 Å². The summed E-state index contributed by atoms with van der Waals surface area (Å²) in [6, 6.07) is 7.90. The molecule has 1 aliphatic rings. The molecule has 1 aromatic carbocycles. The fourth-order valence-corrected chi connectivity index (χ4v) is 3.11. The fraction of sp³-hybridized carbons (Fsp3) is 0.579. The van der Waals surface area contributed by atoms with Crippen LogP contribution in [0.3, 0.4) is 0 Å². The number of benzene rings is 1. The summed E-state index contributed by atoms with van der Waals surface area (Å²) in [5.74, 6) is 0.00933. The number of amides is 1. The van der Waals surface area contributed by atoms with Gasteiger partial charge in [0.05, 0.1) is 0 Å². The van der Waals surface area contributed by atoms with Gasteiger partial charge in [0.25, 0.3) is 5.91 Å². The van der Waals surface area contributed by atoms with E-state index in [1.54, 1.807) is 0 Å². The Bertz CT molecular complexity index is 554. The molecule has 1 saturated heterocycles. The average Bonchev–Trinajstić information content (AvgIpc) is 2.62. The lowest BCUT2D eigenvalue weighted by Crippen LogP contribution is -2.49. The van der Waals surface area contributed by atoms with E-state index in [1.807, 2.05) is 38.1 Å². The lowest BCUT2D eigenvalue weighted by molar-refractivity contribution is 0.0922.